The van der Waals surface area contributed by atoms with E-state index in [2.05, 4.69) is 48.5 Å². The summed E-state index contributed by atoms with van der Waals surface area (Å²) in [6.07, 6.45) is 56.8. The number of ether oxygens (including phenoxy) is 4. The van der Waals surface area contributed by atoms with E-state index >= 15 is 0 Å². The topological polar surface area (TPSA) is 237 Å². The van der Waals surface area contributed by atoms with E-state index in [4.69, 9.17) is 37.0 Å². The zero-order valence-electron chi connectivity index (χ0n) is 64.3. The van der Waals surface area contributed by atoms with E-state index in [1.807, 2.05) is 0 Å². The molecule has 17 nitrogen and oxygen atoms in total. The molecule has 0 radical (unpaired) electrons. The highest BCUT2D eigenvalue weighted by Gasteiger charge is 2.30. The van der Waals surface area contributed by atoms with Crippen LogP contribution in [-0.2, 0) is 65.4 Å². The molecule has 0 saturated heterocycles. The van der Waals surface area contributed by atoms with Crippen molar-refractivity contribution in [3.8, 4) is 0 Å². The minimum absolute atomic E-state index is 0.107. The molecule has 19 heteroatoms. The summed E-state index contributed by atoms with van der Waals surface area (Å²) in [5.41, 5.74) is 0. The fourth-order valence-electron chi connectivity index (χ4n) is 12.1. The number of aliphatic hydroxyl groups excluding tert-OH is 1. The van der Waals surface area contributed by atoms with Crippen molar-refractivity contribution in [1.82, 2.24) is 0 Å². The van der Waals surface area contributed by atoms with E-state index in [-0.39, 0.29) is 25.7 Å². The van der Waals surface area contributed by atoms with Crippen LogP contribution in [-0.4, -0.2) is 96.7 Å². The number of hydrogen-bond donors (Lipinski definition) is 3. The lowest BCUT2D eigenvalue weighted by Gasteiger charge is -2.21. The standard InChI is InChI=1S/C79H154O17P2/c1-8-10-11-12-13-39-46-53-60-76(81)89-66-74(95-79(84)63-56-49-42-35-29-23-22-25-31-37-44-51-58-71(5)6)68-93-97(85,86)91-64-73(80)65-92-98(87,88)94-69-75(67-90-77(82)61-54-47-40-33-27-20-16-14-18-24-30-36-43-50-57-70(3)4)96-78(83)62-55-48-41-34-28-21-17-15-19-26-32-38-45-52-59-72(7)9-2/h70-75,80H,8-69H2,1-7H3,(H,85,86)(H,87,88)/t72?,73-,74+,75+/m0/s1. The van der Waals surface area contributed by atoms with Gasteiger partial charge in [0.2, 0.25) is 0 Å². The van der Waals surface area contributed by atoms with Gasteiger partial charge in [0, 0.05) is 25.7 Å². The van der Waals surface area contributed by atoms with Crippen LogP contribution in [0.5, 0.6) is 0 Å². The number of unbranched alkanes of at least 4 members (excludes halogenated alkanes) is 44. The van der Waals surface area contributed by atoms with Crippen LogP contribution in [0.1, 0.15) is 408 Å². The second-order valence-electron chi connectivity index (χ2n) is 29.6. The zero-order chi connectivity index (χ0) is 72.3. The first kappa shape index (κ1) is 96.1. The third-order valence-electron chi connectivity index (χ3n) is 18.7. The van der Waals surface area contributed by atoms with Gasteiger partial charge in [-0.1, -0.05) is 357 Å². The smallest absolute Gasteiger partial charge is 0.462 e. The molecule has 0 aromatic carbocycles. The van der Waals surface area contributed by atoms with E-state index in [0.29, 0.717) is 25.7 Å². The Morgan fingerprint density at radius 3 is 0.776 bits per heavy atom. The van der Waals surface area contributed by atoms with Crippen molar-refractivity contribution in [2.24, 2.45) is 17.8 Å². The van der Waals surface area contributed by atoms with Crippen LogP contribution in [0.25, 0.3) is 0 Å². The first-order chi connectivity index (χ1) is 47.3. The number of esters is 4. The lowest BCUT2D eigenvalue weighted by atomic mass is 9.99. The third-order valence-corrected chi connectivity index (χ3v) is 20.6. The summed E-state index contributed by atoms with van der Waals surface area (Å²) in [5.74, 6) is 0.307. The normalized spacial score (nSPS) is 14.3. The lowest BCUT2D eigenvalue weighted by molar-refractivity contribution is -0.161. The average molecular weight is 1440 g/mol. The molecule has 0 aromatic rings. The van der Waals surface area contributed by atoms with E-state index in [0.717, 1.165) is 114 Å². The molecule has 0 saturated carbocycles. The fraction of sp³-hybridized carbons (Fsp3) is 0.949. The van der Waals surface area contributed by atoms with Crippen LogP contribution in [0.4, 0.5) is 0 Å². The number of rotatable bonds is 77. The summed E-state index contributed by atoms with van der Waals surface area (Å²) in [5, 5.41) is 10.6. The molecule has 0 spiro atoms. The molecule has 0 aliphatic heterocycles. The van der Waals surface area contributed by atoms with Gasteiger partial charge in [-0.25, -0.2) is 9.13 Å². The molecule has 3 N–H and O–H groups in total. The van der Waals surface area contributed by atoms with Gasteiger partial charge < -0.3 is 33.8 Å². The van der Waals surface area contributed by atoms with E-state index < -0.39 is 97.5 Å². The molecule has 0 heterocycles. The molecule has 0 aromatic heterocycles. The van der Waals surface area contributed by atoms with Gasteiger partial charge in [0.15, 0.2) is 12.2 Å². The van der Waals surface area contributed by atoms with Crippen LogP contribution < -0.4 is 0 Å². The second kappa shape index (κ2) is 69.4. The molecule has 98 heavy (non-hydrogen) atoms. The summed E-state index contributed by atoms with van der Waals surface area (Å²) in [6, 6.07) is 0. The molecular formula is C79H154O17P2. The molecular weight excluding hydrogens is 1280 g/mol. The van der Waals surface area contributed by atoms with E-state index in [1.54, 1.807) is 0 Å². The Balaban J connectivity index is 5.22. The fourth-order valence-corrected chi connectivity index (χ4v) is 13.7. The van der Waals surface area contributed by atoms with Gasteiger partial charge in [-0.15, -0.1) is 0 Å². The Bertz CT molecular complexity index is 1910. The molecule has 0 bridgehead atoms. The van der Waals surface area contributed by atoms with Crippen LogP contribution in [0.15, 0.2) is 0 Å². The third kappa shape index (κ3) is 71.1. The SMILES string of the molecule is CCCCCCCCCCC(=O)OC[C@H](COP(=O)(O)OC[C@H](O)COP(=O)(O)OC[C@@H](COC(=O)CCCCCCCCCCCCCCCCC(C)C)OC(=O)CCCCCCCCCCCCCCCCC(C)CC)OC(=O)CCCCCCCCCCCCCCC(C)C. The van der Waals surface area contributed by atoms with Crippen molar-refractivity contribution < 1.29 is 80.2 Å². The molecule has 0 rings (SSSR count). The Kier molecular flexibility index (Phi) is 68.1. The zero-order valence-corrected chi connectivity index (χ0v) is 66.0. The van der Waals surface area contributed by atoms with Crippen molar-refractivity contribution in [3.05, 3.63) is 0 Å². The highest BCUT2D eigenvalue weighted by Crippen LogP contribution is 2.45. The van der Waals surface area contributed by atoms with Gasteiger partial charge in [-0.05, 0) is 43.4 Å². The molecule has 582 valence electrons. The van der Waals surface area contributed by atoms with E-state index in [9.17, 15) is 43.2 Å². The largest absolute Gasteiger partial charge is 0.472 e. The van der Waals surface area contributed by atoms with Crippen molar-refractivity contribution in [3.63, 3.8) is 0 Å². The Morgan fingerprint density at radius 1 is 0.296 bits per heavy atom. The van der Waals surface area contributed by atoms with Gasteiger partial charge in [0.1, 0.15) is 19.3 Å². The Labute approximate surface area is 600 Å². The lowest BCUT2D eigenvalue weighted by Crippen LogP contribution is -2.30. The highest BCUT2D eigenvalue weighted by atomic mass is 31.2. The predicted octanol–water partition coefficient (Wildman–Crippen LogP) is 23.4. The number of carbonyl (C=O) groups is 4. The van der Waals surface area contributed by atoms with Crippen molar-refractivity contribution in [1.29, 1.82) is 0 Å². The monoisotopic (exact) mass is 1440 g/mol. The van der Waals surface area contributed by atoms with Gasteiger partial charge in [0.05, 0.1) is 26.4 Å². The predicted molar refractivity (Wildman–Crippen MR) is 400 cm³/mol. The minimum Gasteiger partial charge on any atom is -0.462 e. The van der Waals surface area contributed by atoms with Crippen molar-refractivity contribution >= 4 is 39.5 Å². The van der Waals surface area contributed by atoms with Gasteiger partial charge >= 0.3 is 39.5 Å². The molecule has 0 fully saturated rings. The molecule has 6 atom stereocenters. The minimum atomic E-state index is -4.96. The maximum absolute atomic E-state index is 13.1. The number of aliphatic hydroxyl groups is 1. The Hall–Kier alpha value is -1.94. The Morgan fingerprint density at radius 2 is 0.520 bits per heavy atom. The summed E-state index contributed by atoms with van der Waals surface area (Å²) in [6.45, 7) is 12.0. The van der Waals surface area contributed by atoms with Gasteiger partial charge in [-0.2, -0.15) is 0 Å². The first-order valence-corrected chi connectivity index (χ1v) is 43.9. The number of phosphoric ester groups is 2. The summed E-state index contributed by atoms with van der Waals surface area (Å²) >= 11 is 0. The molecule has 0 aliphatic carbocycles. The first-order valence-electron chi connectivity index (χ1n) is 40.9. The summed E-state index contributed by atoms with van der Waals surface area (Å²) < 4.78 is 68.6. The second-order valence-corrected chi connectivity index (χ2v) is 32.6. The summed E-state index contributed by atoms with van der Waals surface area (Å²) in [7, 11) is -9.91. The van der Waals surface area contributed by atoms with Gasteiger partial charge in [0.25, 0.3) is 0 Å². The van der Waals surface area contributed by atoms with Gasteiger partial charge in [-0.3, -0.25) is 37.3 Å². The van der Waals surface area contributed by atoms with Crippen molar-refractivity contribution in [2.45, 2.75) is 426 Å². The number of phosphoric acid groups is 2. The van der Waals surface area contributed by atoms with Crippen molar-refractivity contribution in [2.75, 3.05) is 39.6 Å². The molecule has 0 amide bonds. The van der Waals surface area contributed by atoms with Crippen LogP contribution in [0, 0.1) is 17.8 Å². The van der Waals surface area contributed by atoms with E-state index in [1.165, 1.54) is 212 Å². The molecule has 3 unspecified atom stereocenters. The number of hydrogen-bond acceptors (Lipinski definition) is 15. The maximum atomic E-state index is 13.1. The summed E-state index contributed by atoms with van der Waals surface area (Å²) in [4.78, 5) is 72.9. The van der Waals surface area contributed by atoms with Crippen LogP contribution in [0.2, 0.25) is 0 Å². The van der Waals surface area contributed by atoms with Crippen LogP contribution in [0.3, 0.4) is 0 Å². The quantitative estimate of drug-likeness (QED) is 0.0222. The van der Waals surface area contributed by atoms with Crippen LogP contribution >= 0.6 is 15.6 Å². The highest BCUT2D eigenvalue weighted by molar-refractivity contribution is 7.47. The molecule has 0 aliphatic rings. The average Bonchev–Trinajstić information content (AvgIpc) is 0.927. The number of carbonyl (C=O) groups excluding carboxylic acids is 4. The maximum Gasteiger partial charge on any atom is 0.472 e.